The number of aliphatic carboxylic acids is 1. The summed E-state index contributed by atoms with van der Waals surface area (Å²) in [5, 5.41) is 13.8. The molecule has 0 saturated carbocycles. The van der Waals surface area contributed by atoms with Crippen LogP contribution in [0.1, 0.15) is 35.8 Å². The first-order chi connectivity index (χ1) is 10.8. The minimum absolute atomic E-state index is 0.0327. The van der Waals surface area contributed by atoms with Crippen LogP contribution in [0.15, 0.2) is 30.5 Å². The van der Waals surface area contributed by atoms with Crippen LogP contribution in [-0.4, -0.2) is 45.3 Å². The van der Waals surface area contributed by atoms with Gasteiger partial charge in [-0.2, -0.15) is 5.10 Å². The topological polar surface area (TPSA) is 75.4 Å². The molecule has 23 heavy (non-hydrogen) atoms. The predicted octanol–water partition coefficient (Wildman–Crippen LogP) is 2.81. The van der Waals surface area contributed by atoms with Gasteiger partial charge in [0.05, 0.1) is 23.1 Å². The monoisotopic (exact) mass is 335 g/mol. The molecule has 1 aromatic carbocycles. The van der Waals surface area contributed by atoms with Crippen LogP contribution in [0, 0.1) is 0 Å². The van der Waals surface area contributed by atoms with Crippen molar-refractivity contribution in [1.29, 1.82) is 0 Å². The number of likely N-dealkylation sites (N-methyl/N-ethyl adjacent to an activating group) is 1. The minimum Gasteiger partial charge on any atom is -0.480 e. The normalized spacial score (nSPS) is 10.8. The molecule has 0 unspecified atom stereocenters. The third kappa shape index (κ3) is 3.71. The van der Waals surface area contributed by atoms with Crippen LogP contribution in [0.4, 0.5) is 0 Å². The molecular formula is C16H18ClN3O3. The third-order valence-corrected chi connectivity index (χ3v) is 3.63. The second kappa shape index (κ2) is 6.83. The molecule has 1 N–H and O–H groups in total. The molecule has 2 aromatic rings. The van der Waals surface area contributed by atoms with E-state index >= 15 is 0 Å². The Morgan fingerprint density at radius 1 is 1.30 bits per heavy atom. The smallest absolute Gasteiger partial charge is 0.323 e. The summed E-state index contributed by atoms with van der Waals surface area (Å²) in [4.78, 5) is 24.5. The Kier molecular flexibility index (Phi) is 5.05. The Morgan fingerprint density at radius 2 is 1.91 bits per heavy atom. The van der Waals surface area contributed by atoms with Crippen molar-refractivity contribution in [3.05, 3.63) is 46.7 Å². The highest BCUT2D eigenvalue weighted by Crippen LogP contribution is 2.24. The lowest BCUT2D eigenvalue weighted by molar-refractivity contribution is -0.137. The molecule has 0 aliphatic rings. The molecule has 2 rings (SSSR count). The lowest BCUT2D eigenvalue weighted by Crippen LogP contribution is -2.32. The fraction of sp³-hybridized carbons (Fsp3) is 0.312. The zero-order valence-electron chi connectivity index (χ0n) is 13.2. The maximum absolute atomic E-state index is 12.5. The Balaban J connectivity index is 2.44. The second-order valence-electron chi connectivity index (χ2n) is 5.54. The van der Waals surface area contributed by atoms with Gasteiger partial charge in [0, 0.05) is 12.1 Å². The predicted molar refractivity (Wildman–Crippen MR) is 87.3 cm³/mol. The average molecular weight is 336 g/mol. The van der Waals surface area contributed by atoms with Gasteiger partial charge in [0.1, 0.15) is 6.54 Å². The first-order valence-corrected chi connectivity index (χ1v) is 7.50. The lowest BCUT2D eigenvalue weighted by atomic mass is 10.0. The Hall–Kier alpha value is -2.34. The van der Waals surface area contributed by atoms with Gasteiger partial charge in [-0.05, 0) is 30.2 Å². The Bertz CT molecular complexity index is 723. The highest BCUT2D eigenvalue weighted by atomic mass is 35.5. The molecule has 0 saturated heterocycles. The average Bonchev–Trinajstić information content (AvgIpc) is 2.91. The number of aromatic nitrogens is 2. The maximum atomic E-state index is 12.5. The number of carbonyl (C=O) groups excluding carboxylic acids is 1. The molecule has 0 spiro atoms. The Morgan fingerprint density at radius 3 is 2.43 bits per heavy atom. The van der Waals surface area contributed by atoms with Gasteiger partial charge in [-0.1, -0.05) is 25.4 Å². The van der Waals surface area contributed by atoms with Crippen molar-refractivity contribution in [3.8, 4) is 5.69 Å². The summed E-state index contributed by atoms with van der Waals surface area (Å²) in [5.74, 6) is -1.39. The van der Waals surface area contributed by atoms with E-state index < -0.39 is 5.97 Å². The van der Waals surface area contributed by atoms with E-state index in [2.05, 4.69) is 5.10 Å². The van der Waals surface area contributed by atoms with Crippen molar-refractivity contribution in [3.63, 3.8) is 0 Å². The fourth-order valence-corrected chi connectivity index (χ4v) is 2.47. The number of carbonyl (C=O) groups is 2. The van der Waals surface area contributed by atoms with Crippen molar-refractivity contribution in [2.45, 2.75) is 19.8 Å². The standard InChI is InChI=1S/C16H18ClN3O3/c1-10(2)15-13(16(23)19(3)9-14(21)22)8-18-20(15)12-6-4-11(17)5-7-12/h4-8,10H,9H2,1-3H3,(H,21,22). The Labute approximate surface area is 139 Å². The van der Waals surface area contributed by atoms with Crippen molar-refractivity contribution >= 4 is 23.5 Å². The molecule has 0 radical (unpaired) electrons. The summed E-state index contributed by atoms with van der Waals surface area (Å²) in [6, 6.07) is 7.13. The third-order valence-electron chi connectivity index (χ3n) is 3.37. The summed E-state index contributed by atoms with van der Waals surface area (Å²) in [6.07, 6.45) is 1.48. The number of benzene rings is 1. The molecular weight excluding hydrogens is 318 g/mol. The number of rotatable bonds is 5. The summed E-state index contributed by atoms with van der Waals surface area (Å²) in [7, 11) is 1.46. The molecule has 1 heterocycles. The highest BCUT2D eigenvalue weighted by Gasteiger charge is 2.24. The molecule has 0 fully saturated rings. The van der Waals surface area contributed by atoms with Crippen LogP contribution in [0.5, 0.6) is 0 Å². The van der Waals surface area contributed by atoms with Gasteiger partial charge in [-0.3, -0.25) is 9.59 Å². The number of halogens is 1. The highest BCUT2D eigenvalue weighted by molar-refractivity contribution is 6.30. The first-order valence-electron chi connectivity index (χ1n) is 7.12. The van der Waals surface area contributed by atoms with Crippen molar-refractivity contribution in [2.75, 3.05) is 13.6 Å². The van der Waals surface area contributed by atoms with Gasteiger partial charge < -0.3 is 10.0 Å². The van der Waals surface area contributed by atoms with Crippen LogP contribution in [-0.2, 0) is 4.79 Å². The minimum atomic E-state index is -1.06. The molecule has 1 aromatic heterocycles. The van der Waals surface area contributed by atoms with Gasteiger partial charge in [-0.15, -0.1) is 0 Å². The number of nitrogens with zero attached hydrogens (tertiary/aromatic N) is 3. The van der Waals surface area contributed by atoms with E-state index in [0.29, 0.717) is 10.6 Å². The van der Waals surface area contributed by atoms with Crippen LogP contribution in [0.3, 0.4) is 0 Å². The fourth-order valence-electron chi connectivity index (χ4n) is 2.35. The van der Waals surface area contributed by atoms with Crippen LogP contribution < -0.4 is 0 Å². The van der Waals surface area contributed by atoms with E-state index in [4.69, 9.17) is 16.7 Å². The molecule has 0 atom stereocenters. The zero-order chi connectivity index (χ0) is 17.1. The molecule has 7 heteroatoms. The van der Waals surface area contributed by atoms with Crippen molar-refractivity contribution in [2.24, 2.45) is 0 Å². The quantitative estimate of drug-likeness (QED) is 0.911. The van der Waals surface area contributed by atoms with E-state index in [1.807, 2.05) is 26.0 Å². The lowest BCUT2D eigenvalue weighted by Gasteiger charge is -2.17. The van der Waals surface area contributed by atoms with Crippen molar-refractivity contribution < 1.29 is 14.7 Å². The van der Waals surface area contributed by atoms with Gasteiger partial charge in [0.2, 0.25) is 0 Å². The van der Waals surface area contributed by atoms with Gasteiger partial charge in [0.15, 0.2) is 0 Å². The molecule has 0 bridgehead atoms. The maximum Gasteiger partial charge on any atom is 0.323 e. The molecule has 1 amide bonds. The number of carboxylic acid groups (broad SMARTS) is 1. The summed E-state index contributed by atoms with van der Waals surface area (Å²) in [6.45, 7) is 3.55. The SMILES string of the molecule is CC(C)c1c(C(=O)N(C)CC(=O)O)cnn1-c1ccc(Cl)cc1. The summed E-state index contributed by atoms with van der Waals surface area (Å²) < 4.78 is 1.68. The molecule has 0 aliphatic heterocycles. The number of hydrogen-bond acceptors (Lipinski definition) is 3. The van der Waals surface area contributed by atoms with E-state index in [1.165, 1.54) is 13.2 Å². The van der Waals surface area contributed by atoms with Crippen molar-refractivity contribution in [1.82, 2.24) is 14.7 Å². The van der Waals surface area contributed by atoms with E-state index in [-0.39, 0.29) is 18.4 Å². The van der Waals surface area contributed by atoms with Crippen LogP contribution in [0.25, 0.3) is 5.69 Å². The molecule has 6 nitrogen and oxygen atoms in total. The van der Waals surface area contributed by atoms with E-state index in [0.717, 1.165) is 16.3 Å². The summed E-state index contributed by atoms with van der Waals surface area (Å²) >= 11 is 5.90. The second-order valence-corrected chi connectivity index (χ2v) is 5.98. The first kappa shape index (κ1) is 17.0. The molecule has 0 aliphatic carbocycles. The van der Waals surface area contributed by atoms with E-state index in [1.54, 1.807) is 16.8 Å². The zero-order valence-corrected chi connectivity index (χ0v) is 13.9. The van der Waals surface area contributed by atoms with Gasteiger partial charge >= 0.3 is 5.97 Å². The van der Waals surface area contributed by atoms with Crippen LogP contribution >= 0.6 is 11.6 Å². The number of carboxylic acids is 1. The van der Waals surface area contributed by atoms with Gasteiger partial charge in [-0.25, -0.2) is 4.68 Å². The van der Waals surface area contributed by atoms with Gasteiger partial charge in [0.25, 0.3) is 5.91 Å². The van der Waals surface area contributed by atoms with E-state index in [9.17, 15) is 9.59 Å². The molecule has 122 valence electrons. The van der Waals surface area contributed by atoms with Crippen LogP contribution in [0.2, 0.25) is 5.02 Å². The number of hydrogen-bond donors (Lipinski definition) is 1. The summed E-state index contributed by atoms with van der Waals surface area (Å²) in [5.41, 5.74) is 1.92. The number of amides is 1. The largest absolute Gasteiger partial charge is 0.480 e.